The standard InChI is InChI=1S/C45H30N4/c1-5-15-31(16-6-1)43-44(32-17-7-2-8-18-32)49-42-30-34(26-28-41(42)48(45(49)46-43)36-21-11-4-12-22-36)33-25-27-40-38(29-33)37-23-13-14-24-39(37)47(40)35-19-9-3-10-20-35/h1-30H. The molecule has 230 valence electrons. The number of fused-ring (bicyclic) bond motifs is 6. The Bertz CT molecular complexity index is 2790. The van der Waals surface area contributed by atoms with E-state index in [1.807, 2.05) is 0 Å². The van der Waals surface area contributed by atoms with Gasteiger partial charge in [0.25, 0.3) is 0 Å². The molecule has 10 aromatic rings. The van der Waals surface area contributed by atoms with Crippen molar-refractivity contribution in [3.8, 4) is 45.0 Å². The highest BCUT2D eigenvalue weighted by Crippen LogP contribution is 2.40. The van der Waals surface area contributed by atoms with Crippen molar-refractivity contribution >= 4 is 38.6 Å². The van der Waals surface area contributed by atoms with Crippen molar-refractivity contribution in [2.75, 3.05) is 0 Å². The monoisotopic (exact) mass is 626 g/mol. The van der Waals surface area contributed by atoms with Crippen LogP contribution in [-0.2, 0) is 0 Å². The van der Waals surface area contributed by atoms with Crippen molar-refractivity contribution in [1.29, 1.82) is 0 Å². The predicted octanol–water partition coefficient (Wildman–Crippen LogP) is 11.4. The molecule has 49 heavy (non-hydrogen) atoms. The van der Waals surface area contributed by atoms with Crippen molar-refractivity contribution in [3.63, 3.8) is 0 Å². The van der Waals surface area contributed by atoms with Crippen LogP contribution in [-0.4, -0.2) is 18.5 Å². The molecule has 7 aromatic carbocycles. The number of aromatic nitrogens is 4. The van der Waals surface area contributed by atoms with E-state index >= 15 is 0 Å². The van der Waals surface area contributed by atoms with E-state index in [1.54, 1.807) is 0 Å². The molecule has 0 radical (unpaired) electrons. The highest BCUT2D eigenvalue weighted by molar-refractivity contribution is 6.10. The Balaban J connectivity index is 1.26. The summed E-state index contributed by atoms with van der Waals surface area (Å²) in [7, 11) is 0. The van der Waals surface area contributed by atoms with Gasteiger partial charge in [0.2, 0.25) is 5.78 Å². The maximum absolute atomic E-state index is 5.41. The molecule has 3 heterocycles. The minimum absolute atomic E-state index is 0.887. The summed E-state index contributed by atoms with van der Waals surface area (Å²) < 4.78 is 7.00. The molecular formula is C45H30N4. The molecule has 0 fully saturated rings. The molecule has 0 atom stereocenters. The smallest absolute Gasteiger partial charge is 0.220 e. The van der Waals surface area contributed by atoms with E-state index in [4.69, 9.17) is 4.98 Å². The number of hydrogen-bond donors (Lipinski definition) is 0. The van der Waals surface area contributed by atoms with Gasteiger partial charge in [-0.15, -0.1) is 0 Å². The van der Waals surface area contributed by atoms with Gasteiger partial charge in [-0.1, -0.05) is 127 Å². The largest absolute Gasteiger partial charge is 0.309 e. The second-order valence-electron chi connectivity index (χ2n) is 12.5. The van der Waals surface area contributed by atoms with Gasteiger partial charge in [0.05, 0.1) is 33.5 Å². The van der Waals surface area contributed by atoms with Gasteiger partial charge in [-0.2, -0.15) is 0 Å². The van der Waals surface area contributed by atoms with Crippen LogP contribution in [0, 0.1) is 0 Å². The normalized spacial score (nSPS) is 11.7. The lowest BCUT2D eigenvalue weighted by Gasteiger charge is -2.09. The third-order valence-corrected chi connectivity index (χ3v) is 9.65. The summed E-state index contributed by atoms with van der Waals surface area (Å²) in [6, 6.07) is 64.8. The van der Waals surface area contributed by atoms with Gasteiger partial charge >= 0.3 is 0 Å². The fraction of sp³-hybridized carbons (Fsp3) is 0. The van der Waals surface area contributed by atoms with Gasteiger partial charge < -0.3 is 4.57 Å². The predicted molar refractivity (Wildman–Crippen MR) is 203 cm³/mol. The average Bonchev–Trinajstić information content (AvgIpc) is 3.83. The summed E-state index contributed by atoms with van der Waals surface area (Å²) in [6.45, 7) is 0. The Labute approximate surface area is 283 Å². The first-order valence-electron chi connectivity index (χ1n) is 16.7. The second kappa shape index (κ2) is 11.0. The quantitative estimate of drug-likeness (QED) is 0.187. The molecule has 0 amide bonds. The number of imidazole rings is 2. The van der Waals surface area contributed by atoms with Crippen LogP contribution in [0.25, 0.3) is 83.6 Å². The van der Waals surface area contributed by atoms with Gasteiger partial charge in [-0.25, -0.2) is 4.98 Å². The van der Waals surface area contributed by atoms with E-state index in [1.165, 1.54) is 27.4 Å². The fourth-order valence-corrected chi connectivity index (χ4v) is 7.46. The number of hydrogen-bond acceptors (Lipinski definition) is 1. The molecule has 10 rings (SSSR count). The van der Waals surface area contributed by atoms with E-state index < -0.39 is 0 Å². The Morgan fingerprint density at radius 1 is 0.347 bits per heavy atom. The van der Waals surface area contributed by atoms with Crippen LogP contribution in [0.5, 0.6) is 0 Å². The minimum Gasteiger partial charge on any atom is -0.309 e. The molecular weight excluding hydrogens is 597 g/mol. The maximum atomic E-state index is 5.41. The van der Waals surface area contributed by atoms with Crippen LogP contribution in [0.3, 0.4) is 0 Å². The Hall–Kier alpha value is -6.65. The molecule has 3 aromatic heterocycles. The number of nitrogens with zero attached hydrogens (tertiary/aromatic N) is 4. The van der Waals surface area contributed by atoms with E-state index in [9.17, 15) is 0 Å². The molecule has 0 aliphatic rings. The van der Waals surface area contributed by atoms with E-state index in [0.29, 0.717) is 0 Å². The van der Waals surface area contributed by atoms with Crippen molar-refractivity contribution in [2.24, 2.45) is 0 Å². The molecule has 4 heteroatoms. The molecule has 0 saturated heterocycles. The van der Waals surface area contributed by atoms with Crippen LogP contribution in [0.1, 0.15) is 0 Å². The first kappa shape index (κ1) is 27.5. The maximum Gasteiger partial charge on any atom is 0.220 e. The minimum atomic E-state index is 0.887. The Morgan fingerprint density at radius 3 is 1.57 bits per heavy atom. The average molecular weight is 627 g/mol. The Morgan fingerprint density at radius 2 is 0.878 bits per heavy atom. The SMILES string of the molecule is c1ccc(-c2nc3n(-c4ccccc4)c4ccc(-c5ccc6c(c5)c5ccccc5n6-c5ccccc5)cc4n3c2-c2ccccc2)cc1. The molecule has 0 saturated carbocycles. The fourth-order valence-electron chi connectivity index (χ4n) is 7.46. The highest BCUT2D eigenvalue weighted by Gasteiger charge is 2.24. The molecule has 0 unspecified atom stereocenters. The summed E-state index contributed by atoms with van der Waals surface area (Å²) in [6.07, 6.45) is 0. The zero-order valence-electron chi connectivity index (χ0n) is 26.6. The Kier molecular flexibility index (Phi) is 6.15. The molecule has 4 nitrogen and oxygen atoms in total. The van der Waals surface area contributed by atoms with E-state index in [-0.39, 0.29) is 0 Å². The van der Waals surface area contributed by atoms with E-state index in [2.05, 4.69) is 196 Å². The van der Waals surface area contributed by atoms with Crippen LogP contribution in [0.2, 0.25) is 0 Å². The van der Waals surface area contributed by atoms with Crippen LogP contribution >= 0.6 is 0 Å². The third-order valence-electron chi connectivity index (χ3n) is 9.65. The number of para-hydroxylation sites is 3. The van der Waals surface area contributed by atoms with Crippen molar-refractivity contribution < 1.29 is 0 Å². The van der Waals surface area contributed by atoms with Crippen molar-refractivity contribution in [3.05, 3.63) is 182 Å². The summed E-state index contributed by atoms with van der Waals surface area (Å²) in [5.41, 5.74) is 13.5. The zero-order valence-corrected chi connectivity index (χ0v) is 26.6. The van der Waals surface area contributed by atoms with Crippen molar-refractivity contribution in [1.82, 2.24) is 18.5 Å². The highest BCUT2D eigenvalue weighted by atomic mass is 15.2. The van der Waals surface area contributed by atoms with Gasteiger partial charge in [-0.3, -0.25) is 8.97 Å². The first-order valence-corrected chi connectivity index (χ1v) is 16.7. The molecule has 0 N–H and O–H groups in total. The molecule has 0 aliphatic heterocycles. The molecule has 0 spiro atoms. The lowest BCUT2D eigenvalue weighted by Crippen LogP contribution is -1.94. The second-order valence-corrected chi connectivity index (χ2v) is 12.5. The third kappa shape index (κ3) is 4.28. The van der Waals surface area contributed by atoms with Gasteiger partial charge in [0, 0.05) is 33.3 Å². The van der Waals surface area contributed by atoms with Gasteiger partial charge in [-0.05, 0) is 65.7 Å². The summed E-state index contributed by atoms with van der Waals surface area (Å²) in [5.74, 6) is 0.887. The lowest BCUT2D eigenvalue weighted by molar-refractivity contribution is 1.10. The summed E-state index contributed by atoms with van der Waals surface area (Å²) in [4.78, 5) is 5.41. The molecule has 0 aliphatic carbocycles. The topological polar surface area (TPSA) is 27.2 Å². The number of rotatable bonds is 5. The summed E-state index contributed by atoms with van der Waals surface area (Å²) in [5, 5.41) is 2.48. The van der Waals surface area contributed by atoms with Gasteiger partial charge in [0.1, 0.15) is 0 Å². The van der Waals surface area contributed by atoms with Gasteiger partial charge in [0.15, 0.2) is 0 Å². The van der Waals surface area contributed by atoms with E-state index in [0.717, 1.165) is 56.3 Å². The van der Waals surface area contributed by atoms with Crippen LogP contribution in [0.4, 0.5) is 0 Å². The molecule has 0 bridgehead atoms. The zero-order chi connectivity index (χ0) is 32.3. The first-order chi connectivity index (χ1) is 24.3. The van der Waals surface area contributed by atoms with Crippen LogP contribution in [0.15, 0.2) is 182 Å². The summed E-state index contributed by atoms with van der Waals surface area (Å²) >= 11 is 0. The number of benzene rings is 7. The lowest BCUT2D eigenvalue weighted by atomic mass is 10.0. The van der Waals surface area contributed by atoms with Crippen LogP contribution < -0.4 is 0 Å². The van der Waals surface area contributed by atoms with Crippen molar-refractivity contribution in [2.45, 2.75) is 0 Å².